The zero-order chi connectivity index (χ0) is 13.7. The van der Waals surface area contributed by atoms with Crippen molar-refractivity contribution in [3.8, 4) is 0 Å². The number of para-hydroxylation sites is 1. The second-order valence-electron chi connectivity index (χ2n) is 4.18. The van der Waals surface area contributed by atoms with Gasteiger partial charge in [-0.15, -0.1) is 0 Å². The smallest absolute Gasteiger partial charge is 0.250 e. The second-order valence-corrected chi connectivity index (χ2v) is 4.18. The Morgan fingerprint density at radius 3 is 2.89 bits per heavy atom. The summed E-state index contributed by atoms with van der Waals surface area (Å²) in [5.41, 5.74) is 12.7. The van der Waals surface area contributed by atoms with Crippen molar-refractivity contribution in [3.05, 3.63) is 42.2 Å². The van der Waals surface area contributed by atoms with Gasteiger partial charge in [0.1, 0.15) is 0 Å². The van der Waals surface area contributed by atoms with Crippen LogP contribution in [-0.2, 0) is 6.54 Å². The molecule has 100 valence electrons. The molecule has 0 atom stereocenters. The molecule has 1 aromatic heterocycles. The maximum atomic E-state index is 11.3. The number of carbonyl (C=O) groups excluding carboxylic acids is 1. The van der Waals surface area contributed by atoms with Gasteiger partial charge in [-0.25, -0.2) is 0 Å². The standard InChI is InChI=1S/C13H17N5O/c14-11-5-1-4-10(13(15)19)12(11)16-6-2-8-18-9-3-7-17-18/h1,3-5,7,9,16H,2,6,8,14H2,(H2,15,19). The number of hydrogen-bond donors (Lipinski definition) is 3. The van der Waals surface area contributed by atoms with E-state index in [0.717, 1.165) is 13.0 Å². The van der Waals surface area contributed by atoms with E-state index in [0.29, 0.717) is 23.5 Å². The molecule has 0 saturated heterocycles. The lowest BCUT2D eigenvalue weighted by molar-refractivity contribution is 0.100. The number of hydrogen-bond acceptors (Lipinski definition) is 4. The largest absolute Gasteiger partial charge is 0.397 e. The summed E-state index contributed by atoms with van der Waals surface area (Å²) in [6.07, 6.45) is 4.52. The molecule has 19 heavy (non-hydrogen) atoms. The average molecular weight is 259 g/mol. The van der Waals surface area contributed by atoms with Crippen molar-refractivity contribution in [1.29, 1.82) is 0 Å². The first-order valence-electron chi connectivity index (χ1n) is 6.08. The molecule has 0 aliphatic heterocycles. The minimum absolute atomic E-state index is 0.416. The lowest BCUT2D eigenvalue weighted by Crippen LogP contribution is -2.16. The Morgan fingerprint density at radius 2 is 2.21 bits per heavy atom. The summed E-state index contributed by atoms with van der Waals surface area (Å²) in [5, 5.41) is 7.27. The van der Waals surface area contributed by atoms with Crippen LogP contribution in [0.3, 0.4) is 0 Å². The van der Waals surface area contributed by atoms with Gasteiger partial charge in [0.2, 0.25) is 0 Å². The summed E-state index contributed by atoms with van der Waals surface area (Å²) in [6.45, 7) is 1.49. The van der Waals surface area contributed by atoms with Gasteiger partial charge < -0.3 is 16.8 Å². The van der Waals surface area contributed by atoms with Crippen LogP contribution < -0.4 is 16.8 Å². The van der Waals surface area contributed by atoms with Crippen LogP contribution in [0.1, 0.15) is 16.8 Å². The number of anilines is 2. The van der Waals surface area contributed by atoms with Crippen LogP contribution in [0.2, 0.25) is 0 Å². The average Bonchev–Trinajstić information content (AvgIpc) is 2.88. The highest BCUT2D eigenvalue weighted by Gasteiger charge is 2.09. The van der Waals surface area contributed by atoms with Gasteiger partial charge >= 0.3 is 0 Å². The van der Waals surface area contributed by atoms with E-state index in [9.17, 15) is 4.79 Å². The predicted molar refractivity (Wildman–Crippen MR) is 74.7 cm³/mol. The van der Waals surface area contributed by atoms with Gasteiger partial charge in [0.05, 0.1) is 16.9 Å². The van der Waals surface area contributed by atoms with Crippen LogP contribution in [0.15, 0.2) is 36.7 Å². The van der Waals surface area contributed by atoms with Gasteiger partial charge in [0.15, 0.2) is 0 Å². The number of nitrogen functional groups attached to an aromatic ring is 1. The molecule has 0 fully saturated rings. The Hall–Kier alpha value is -2.50. The van der Waals surface area contributed by atoms with Crippen LogP contribution in [0.4, 0.5) is 11.4 Å². The van der Waals surface area contributed by atoms with E-state index < -0.39 is 5.91 Å². The van der Waals surface area contributed by atoms with Crippen LogP contribution in [0.5, 0.6) is 0 Å². The Labute approximate surface area is 111 Å². The van der Waals surface area contributed by atoms with Crippen LogP contribution in [0, 0.1) is 0 Å². The summed E-state index contributed by atoms with van der Waals surface area (Å²) in [6, 6.07) is 6.99. The summed E-state index contributed by atoms with van der Waals surface area (Å²) in [4.78, 5) is 11.3. The van der Waals surface area contributed by atoms with E-state index in [2.05, 4.69) is 10.4 Å². The maximum Gasteiger partial charge on any atom is 0.250 e. The first kappa shape index (κ1) is 12.9. The molecule has 0 saturated carbocycles. The van der Waals surface area contributed by atoms with Gasteiger partial charge in [-0.1, -0.05) is 6.07 Å². The van der Waals surface area contributed by atoms with E-state index in [1.807, 2.05) is 16.9 Å². The van der Waals surface area contributed by atoms with Crippen LogP contribution in [-0.4, -0.2) is 22.2 Å². The number of benzene rings is 1. The highest BCUT2D eigenvalue weighted by molar-refractivity contribution is 6.01. The molecule has 0 unspecified atom stereocenters. The van der Waals surface area contributed by atoms with Gasteiger partial charge in [-0.3, -0.25) is 9.48 Å². The van der Waals surface area contributed by atoms with Crippen molar-refractivity contribution < 1.29 is 4.79 Å². The SMILES string of the molecule is NC(=O)c1cccc(N)c1NCCCn1cccn1. The lowest BCUT2D eigenvalue weighted by Gasteiger charge is -2.12. The van der Waals surface area contributed by atoms with Crippen LogP contribution >= 0.6 is 0 Å². The van der Waals surface area contributed by atoms with E-state index >= 15 is 0 Å². The fourth-order valence-corrected chi connectivity index (χ4v) is 1.86. The first-order valence-corrected chi connectivity index (χ1v) is 6.08. The highest BCUT2D eigenvalue weighted by atomic mass is 16.1. The molecule has 5 N–H and O–H groups in total. The molecule has 2 aromatic rings. The van der Waals surface area contributed by atoms with Crippen LogP contribution in [0.25, 0.3) is 0 Å². The number of nitrogens with one attached hydrogen (secondary N) is 1. The van der Waals surface area contributed by atoms with Gasteiger partial charge in [0, 0.05) is 25.5 Å². The maximum absolute atomic E-state index is 11.3. The van der Waals surface area contributed by atoms with Gasteiger partial charge in [-0.05, 0) is 24.6 Å². The molecule has 6 heteroatoms. The number of nitrogens with zero attached hydrogens (tertiary/aromatic N) is 2. The zero-order valence-corrected chi connectivity index (χ0v) is 10.5. The molecule has 2 rings (SSSR count). The quantitative estimate of drug-likeness (QED) is 0.533. The van der Waals surface area contributed by atoms with Crippen molar-refractivity contribution in [2.45, 2.75) is 13.0 Å². The Morgan fingerprint density at radius 1 is 1.37 bits per heavy atom. The number of primary amides is 1. The molecule has 0 aliphatic carbocycles. The summed E-state index contributed by atoms with van der Waals surface area (Å²) in [5.74, 6) is -0.484. The van der Waals surface area contributed by atoms with Crippen molar-refractivity contribution in [2.24, 2.45) is 5.73 Å². The summed E-state index contributed by atoms with van der Waals surface area (Å²) < 4.78 is 1.85. The normalized spacial score (nSPS) is 10.3. The third kappa shape index (κ3) is 3.25. The topological polar surface area (TPSA) is 99.0 Å². The number of aromatic nitrogens is 2. The lowest BCUT2D eigenvalue weighted by atomic mass is 10.1. The Kier molecular flexibility index (Phi) is 4.02. The molecule has 0 spiro atoms. The third-order valence-electron chi connectivity index (χ3n) is 2.79. The van der Waals surface area contributed by atoms with E-state index in [-0.39, 0.29) is 0 Å². The van der Waals surface area contributed by atoms with Crippen molar-refractivity contribution >= 4 is 17.3 Å². The Bertz CT molecular complexity index is 550. The minimum atomic E-state index is -0.484. The predicted octanol–water partition coefficient (Wildman–Crippen LogP) is 1.07. The molecule has 0 aliphatic rings. The monoisotopic (exact) mass is 259 g/mol. The number of aryl methyl sites for hydroxylation is 1. The fourth-order valence-electron chi connectivity index (χ4n) is 1.86. The zero-order valence-electron chi connectivity index (χ0n) is 10.5. The van der Waals surface area contributed by atoms with Crippen molar-refractivity contribution in [1.82, 2.24) is 9.78 Å². The summed E-state index contributed by atoms with van der Waals surface area (Å²) >= 11 is 0. The molecule has 6 nitrogen and oxygen atoms in total. The number of rotatable bonds is 6. The third-order valence-corrected chi connectivity index (χ3v) is 2.79. The minimum Gasteiger partial charge on any atom is -0.397 e. The molecular formula is C13H17N5O. The fraction of sp³-hybridized carbons (Fsp3) is 0.231. The molecule has 1 heterocycles. The van der Waals surface area contributed by atoms with Gasteiger partial charge in [0.25, 0.3) is 5.91 Å². The Balaban J connectivity index is 1.93. The number of nitrogens with two attached hydrogens (primary N) is 2. The number of amides is 1. The molecule has 0 bridgehead atoms. The molecular weight excluding hydrogens is 242 g/mol. The molecule has 1 amide bonds. The highest BCUT2D eigenvalue weighted by Crippen LogP contribution is 2.22. The van der Waals surface area contributed by atoms with E-state index in [1.165, 1.54) is 0 Å². The first-order chi connectivity index (χ1) is 9.18. The van der Waals surface area contributed by atoms with Crippen molar-refractivity contribution in [3.63, 3.8) is 0 Å². The van der Waals surface area contributed by atoms with E-state index in [1.54, 1.807) is 24.4 Å². The summed E-state index contributed by atoms with van der Waals surface area (Å²) in [7, 11) is 0. The van der Waals surface area contributed by atoms with E-state index in [4.69, 9.17) is 11.5 Å². The second kappa shape index (κ2) is 5.90. The molecule has 0 radical (unpaired) electrons. The van der Waals surface area contributed by atoms with Gasteiger partial charge in [-0.2, -0.15) is 5.10 Å². The molecule has 1 aromatic carbocycles. The number of carbonyl (C=O) groups is 1. The van der Waals surface area contributed by atoms with Crippen molar-refractivity contribution in [2.75, 3.05) is 17.6 Å².